The highest BCUT2D eigenvalue weighted by molar-refractivity contribution is 5.92. The maximum atomic E-state index is 13.0. The number of esters is 1. The van der Waals surface area contributed by atoms with Crippen LogP contribution in [0, 0.1) is 12.7 Å². The van der Waals surface area contributed by atoms with E-state index in [4.69, 9.17) is 5.73 Å². The first-order chi connectivity index (χ1) is 9.52. The molecule has 0 amide bonds. The van der Waals surface area contributed by atoms with Crippen LogP contribution < -0.4 is 5.73 Å². The van der Waals surface area contributed by atoms with Crippen molar-refractivity contribution in [3.8, 4) is 0 Å². The number of nitrogens with two attached hydrogens (primary N) is 1. The van der Waals surface area contributed by atoms with E-state index in [1.165, 1.54) is 25.6 Å². The number of nitrogens with zero attached hydrogens (tertiary/aromatic N) is 2. The van der Waals surface area contributed by atoms with Crippen LogP contribution in [-0.4, -0.2) is 22.6 Å². The Morgan fingerprint density at radius 2 is 2.25 bits per heavy atom. The van der Waals surface area contributed by atoms with Crippen LogP contribution >= 0.6 is 0 Å². The molecular formula is C14H16FN3O2. The number of methoxy groups -OCH3 is 1. The number of hydrogen-bond acceptors (Lipinski definition) is 4. The summed E-state index contributed by atoms with van der Waals surface area (Å²) in [5, 5.41) is 0. The minimum Gasteiger partial charge on any atom is -0.464 e. The van der Waals surface area contributed by atoms with Crippen LogP contribution in [-0.2, 0) is 17.7 Å². The van der Waals surface area contributed by atoms with Crippen LogP contribution in [0.2, 0.25) is 0 Å². The van der Waals surface area contributed by atoms with Gasteiger partial charge in [0.05, 0.1) is 13.4 Å². The number of aryl methyl sites for hydroxylation is 3. The number of carbonyl (C=O) groups is 1. The molecule has 0 unspecified atom stereocenters. The number of nitrogen functional groups attached to an aromatic ring is 1. The number of carbonyl (C=O) groups excluding carboxylic acids is 1. The van der Waals surface area contributed by atoms with Crippen LogP contribution in [0.15, 0.2) is 24.5 Å². The third-order valence-electron chi connectivity index (χ3n) is 3.18. The van der Waals surface area contributed by atoms with Crippen molar-refractivity contribution >= 4 is 11.8 Å². The van der Waals surface area contributed by atoms with Gasteiger partial charge >= 0.3 is 5.97 Å². The monoisotopic (exact) mass is 277 g/mol. The average molecular weight is 277 g/mol. The number of aromatic nitrogens is 2. The Labute approximate surface area is 116 Å². The SMILES string of the molecule is COC(=O)c1ncn(CCc2ccc(F)cc2C)c1N. The van der Waals surface area contributed by atoms with Crippen molar-refractivity contribution in [3.63, 3.8) is 0 Å². The third kappa shape index (κ3) is 2.79. The molecule has 0 spiro atoms. The molecule has 1 aromatic carbocycles. The molecule has 0 aliphatic heterocycles. The highest BCUT2D eigenvalue weighted by atomic mass is 19.1. The zero-order valence-electron chi connectivity index (χ0n) is 11.4. The van der Waals surface area contributed by atoms with Crippen molar-refractivity contribution in [1.29, 1.82) is 0 Å². The predicted molar refractivity (Wildman–Crippen MR) is 72.8 cm³/mol. The van der Waals surface area contributed by atoms with E-state index >= 15 is 0 Å². The molecule has 0 saturated heterocycles. The molecule has 2 N–H and O–H groups in total. The van der Waals surface area contributed by atoms with E-state index in [9.17, 15) is 9.18 Å². The van der Waals surface area contributed by atoms with Gasteiger partial charge in [0, 0.05) is 6.54 Å². The smallest absolute Gasteiger partial charge is 0.360 e. The number of halogens is 1. The normalized spacial score (nSPS) is 10.6. The van der Waals surface area contributed by atoms with Crippen molar-refractivity contribution < 1.29 is 13.9 Å². The molecule has 0 fully saturated rings. The topological polar surface area (TPSA) is 70.1 Å². The van der Waals surface area contributed by atoms with Crippen LogP contribution in [0.5, 0.6) is 0 Å². The number of anilines is 1. The molecule has 2 rings (SSSR count). The van der Waals surface area contributed by atoms with E-state index in [0.29, 0.717) is 13.0 Å². The first kappa shape index (κ1) is 14.0. The van der Waals surface area contributed by atoms with Gasteiger partial charge in [-0.2, -0.15) is 0 Å². The highest BCUT2D eigenvalue weighted by Crippen LogP contribution is 2.15. The van der Waals surface area contributed by atoms with Crippen molar-refractivity contribution in [2.24, 2.45) is 0 Å². The second-order valence-corrected chi connectivity index (χ2v) is 4.48. The lowest BCUT2D eigenvalue weighted by Crippen LogP contribution is -2.09. The van der Waals surface area contributed by atoms with Gasteiger partial charge < -0.3 is 15.0 Å². The first-order valence-electron chi connectivity index (χ1n) is 6.17. The van der Waals surface area contributed by atoms with Crippen molar-refractivity contribution in [1.82, 2.24) is 9.55 Å². The molecule has 20 heavy (non-hydrogen) atoms. The standard InChI is InChI=1S/C14H16FN3O2/c1-9-7-11(15)4-3-10(9)5-6-18-8-17-12(13(18)16)14(19)20-2/h3-4,7-8H,5-6,16H2,1-2H3. The van der Waals surface area contributed by atoms with Crippen LogP contribution in [0.1, 0.15) is 21.6 Å². The largest absolute Gasteiger partial charge is 0.464 e. The van der Waals surface area contributed by atoms with E-state index in [0.717, 1.165) is 11.1 Å². The van der Waals surface area contributed by atoms with Gasteiger partial charge in [-0.1, -0.05) is 6.07 Å². The van der Waals surface area contributed by atoms with Crippen LogP contribution in [0.4, 0.5) is 10.2 Å². The summed E-state index contributed by atoms with van der Waals surface area (Å²) in [6.07, 6.45) is 2.17. The summed E-state index contributed by atoms with van der Waals surface area (Å²) in [4.78, 5) is 15.3. The Hall–Kier alpha value is -2.37. The first-order valence-corrected chi connectivity index (χ1v) is 6.17. The van der Waals surface area contributed by atoms with Gasteiger partial charge in [0.15, 0.2) is 5.69 Å². The van der Waals surface area contributed by atoms with E-state index in [1.807, 2.05) is 6.92 Å². The molecule has 6 heteroatoms. The minimum atomic E-state index is -0.556. The Bertz CT molecular complexity index is 637. The summed E-state index contributed by atoms with van der Waals surface area (Å²) >= 11 is 0. The zero-order chi connectivity index (χ0) is 14.7. The van der Waals surface area contributed by atoms with Crippen LogP contribution in [0.3, 0.4) is 0 Å². The van der Waals surface area contributed by atoms with Gasteiger partial charge in [0.25, 0.3) is 0 Å². The number of hydrogen-bond donors (Lipinski definition) is 1. The highest BCUT2D eigenvalue weighted by Gasteiger charge is 2.15. The van der Waals surface area contributed by atoms with E-state index in [2.05, 4.69) is 9.72 Å². The maximum absolute atomic E-state index is 13.0. The molecule has 0 aliphatic carbocycles. The van der Waals surface area contributed by atoms with E-state index < -0.39 is 5.97 Å². The molecule has 1 heterocycles. The molecule has 0 radical (unpaired) electrons. The minimum absolute atomic E-state index is 0.114. The maximum Gasteiger partial charge on any atom is 0.360 e. The van der Waals surface area contributed by atoms with Gasteiger partial charge in [-0.25, -0.2) is 14.2 Å². The zero-order valence-corrected chi connectivity index (χ0v) is 11.4. The number of imidazole rings is 1. The van der Waals surface area contributed by atoms with Crippen LogP contribution in [0.25, 0.3) is 0 Å². The van der Waals surface area contributed by atoms with Gasteiger partial charge in [0.1, 0.15) is 11.6 Å². The molecule has 1 aromatic heterocycles. The lowest BCUT2D eigenvalue weighted by Gasteiger charge is -2.08. The Balaban J connectivity index is 2.11. The van der Waals surface area contributed by atoms with E-state index in [-0.39, 0.29) is 17.3 Å². The molecule has 2 aromatic rings. The lowest BCUT2D eigenvalue weighted by atomic mass is 10.1. The fourth-order valence-corrected chi connectivity index (χ4v) is 2.00. The van der Waals surface area contributed by atoms with Gasteiger partial charge in [-0.3, -0.25) is 0 Å². The Kier molecular flexibility index (Phi) is 4.02. The molecule has 5 nitrogen and oxygen atoms in total. The lowest BCUT2D eigenvalue weighted by molar-refractivity contribution is 0.0596. The molecule has 0 atom stereocenters. The fourth-order valence-electron chi connectivity index (χ4n) is 2.00. The molecular weight excluding hydrogens is 261 g/mol. The summed E-state index contributed by atoms with van der Waals surface area (Å²) in [6.45, 7) is 2.41. The second-order valence-electron chi connectivity index (χ2n) is 4.48. The third-order valence-corrected chi connectivity index (χ3v) is 3.18. The molecule has 0 saturated carbocycles. The summed E-state index contributed by atoms with van der Waals surface area (Å²) in [5.74, 6) is -0.530. The van der Waals surface area contributed by atoms with E-state index in [1.54, 1.807) is 10.6 Å². The average Bonchev–Trinajstić information content (AvgIpc) is 2.78. The summed E-state index contributed by atoms with van der Waals surface area (Å²) in [5.41, 5.74) is 7.87. The molecule has 106 valence electrons. The quantitative estimate of drug-likeness (QED) is 0.867. The van der Waals surface area contributed by atoms with Crippen molar-refractivity contribution in [3.05, 3.63) is 47.2 Å². The fraction of sp³-hybridized carbons (Fsp3) is 0.286. The molecule has 0 bridgehead atoms. The Morgan fingerprint density at radius 1 is 1.50 bits per heavy atom. The van der Waals surface area contributed by atoms with Gasteiger partial charge in [-0.15, -0.1) is 0 Å². The predicted octanol–water partition coefficient (Wildman–Crippen LogP) is 1.94. The van der Waals surface area contributed by atoms with Crippen molar-refractivity contribution in [2.75, 3.05) is 12.8 Å². The summed E-state index contributed by atoms with van der Waals surface area (Å²) in [7, 11) is 1.28. The summed E-state index contributed by atoms with van der Waals surface area (Å²) in [6, 6.07) is 4.67. The number of rotatable bonds is 4. The summed E-state index contributed by atoms with van der Waals surface area (Å²) < 4.78 is 19.3. The number of benzene rings is 1. The second kappa shape index (κ2) is 5.73. The van der Waals surface area contributed by atoms with Crippen molar-refractivity contribution in [2.45, 2.75) is 19.9 Å². The van der Waals surface area contributed by atoms with Gasteiger partial charge in [0.2, 0.25) is 0 Å². The van der Waals surface area contributed by atoms with Gasteiger partial charge in [-0.05, 0) is 36.6 Å². The number of ether oxygens (including phenoxy) is 1. The molecule has 0 aliphatic rings. The Morgan fingerprint density at radius 3 is 2.90 bits per heavy atom.